The quantitative estimate of drug-likeness (QED) is 0.468. The Balaban J connectivity index is 1.32. The first-order chi connectivity index (χ1) is 17.0. The van der Waals surface area contributed by atoms with Crippen LogP contribution in [0.2, 0.25) is 0 Å². The topological polar surface area (TPSA) is 87.7 Å². The average Bonchev–Trinajstić information content (AvgIpc) is 3.72. The van der Waals surface area contributed by atoms with Gasteiger partial charge < -0.3 is 20.3 Å². The van der Waals surface area contributed by atoms with Gasteiger partial charge in [-0.05, 0) is 66.3 Å². The second kappa shape index (κ2) is 11.3. The van der Waals surface area contributed by atoms with Crippen LogP contribution in [0.25, 0.3) is 11.1 Å². The average molecular weight is 472 g/mol. The summed E-state index contributed by atoms with van der Waals surface area (Å²) in [7, 11) is 1.57. The van der Waals surface area contributed by atoms with Crippen LogP contribution in [0.1, 0.15) is 23.2 Å². The molecule has 0 aromatic heterocycles. The van der Waals surface area contributed by atoms with Crippen LogP contribution < -0.4 is 15.4 Å². The van der Waals surface area contributed by atoms with Crippen molar-refractivity contribution in [1.29, 1.82) is 0 Å². The highest BCUT2D eigenvalue weighted by atomic mass is 16.5. The van der Waals surface area contributed by atoms with Gasteiger partial charge in [0.05, 0.1) is 20.2 Å². The molecule has 0 heterocycles. The zero-order chi connectivity index (χ0) is 24.6. The molecular weight excluding hydrogens is 442 g/mol. The van der Waals surface area contributed by atoms with Gasteiger partial charge in [-0.25, -0.2) is 0 Å². The first kappa shape index (κ1) is 24.0. The van der Waals surface area contributed by atoms with Crippen molar-refractivity contribution in [2.45, 2.75) is 12.8 Å². The molecule has 180 valence electrons. The Morgan fingerprint density at radius 1 is 0.857 bits per heavy atom. The summed E-state index contributed by atoms with van der Waals surface area (Å²) >= 11 is 0. The maximum absolute atomic E-state index is 13.2. The number of benzene rings is 3. The monoisotopic (exact) mass is 471 g/mol. The van der Waals surface area contributed by atoms with Crippen molar-refractivity contribution in [2.75, 3.05) is 32.1 Å². The van der Waals surface area contributed by atoms with E-state index < -0.39 is 0 Å². The van der Waals surface area contributed by atoms with Crippen molar-refractivity contribution in [3.63, 3.8) is 0 Å². The van der Waals surface area contributed by atoms with E-state index in [2.05, 4.69) is 10.6 Å². The minimum atomic E-state index is -0.371. The molecule has 0 radical (unpaired) electrons. The number of carbonyl (C=O) groups excluding carboxylic acids is 3. The maximum Gasteiger partial charge on any atom is 0.254 e. The van der Waals surface area contributed by atoms with Crippen molar-refractivity contribution >= 4 is 23.4 Å². The van der Waals surface area contributed by atoms with Gasteiger partial charge in [0.15, 0.2) is 0 Å². The van der Waals surface area contributed by atoms with Crippen molar-refractivity contribution in [2.24, 2.45) is 5.92 Å². The summed E-state index contributed by atoms with van der Waals surface area (Å²) in [5.74, 6) is 0.208. The van der Waals surface area contributed by atoms with Crippen LogP contribution in [0.3, 0.4) is 0 Å². The number of nitrogens with one attached hydrogen (secondary N) is 2. The fourth-order valence-electron chi connectivity index (χ4n) is 3.74. The minimum absolute atomic E-state index is 0.0917. The molecular formula is C28H29N3O4. The lowest BCUT2D eigenvalue weighted by atomic mass is 10.0. The Kier molecular flexibility index (Phi) is 7.77. The minimum Gasteiger partial charge on any atom is -0.497 e. The molecule has 0 aliphatic heterocycles. The van der Waals surface area contributed by atoms with Crippen molar-refractivity contribution in [3.05, 3.63) is 84.4 Å². The molecule has 0 saturated heterocycles. The van der Waals surface area contributed by atoms with Crippen LogP contribution in [0.5, 0.6) is 5.75 Å². The molecule has 7 heteroatoms. The molecule has 1 aliphatic rings. The van der Waals surface area contributed by atoms with Crippen molar-refractivity contribution in [3.8, 4) is 16.9 Å². The fourth-order valence-corrected chi connectivity index (χ4v) is 3.74. The van der Waals surface area contributed by atoms with E-state index in [9.17, 15) is 14.4 Å². The summed E-state index contributed by atoms with van der Waals surface area (Å²) in [5.41, 5.74) is 3.25. The third-order valence-corrected chi connectivity index (χ3v) is 5.86. The van der Waals surface area contributed by atoms with Gasteiger partial charge in [0.1, 0.15) is 5.75 Å². The molecule has 0 spiro atoms. The number of ether oxygens (including phenoxy) is 1. The number of anilines is 1. The maximum atomic E-state index is 13.2. The molecule has 35 heavy (non-hydrogen) atoms. The molecule has 1 aliphatic carbocycles. The van der Waals surface area contributed by atoms with E-state index in [4.69, 9.17) is 4.74 Å². The van der Waals surface area contributed by atoms with E-state index in [1.165, 1.54) is 0 Å². The van der Waals surface area contributed by atoms with Crippen LogP contribution in [-0.2, 0) is 9.59 Å². The van der Waals surface area contributed by atoms with Crippen molar-refractivity contribution < 1.29 is 19.1 Å². The molecule has 7 nitrogen and oxygen atoms in total. The molecule has 0 unspecified atom stereocenters. The molecule has 0 bridgehead atoms. The van der Waals surface area contributed by atoms with Gasteiger partial charge in [0.25, 0.3) is 5.91 Å². The summed E-state index contributed by atoms with van der Waals surface area (Å²) in [5, 5.41) is 5.34. The SMILES string of the molecule is COc1ccc(NC(=O)CNC(=O)CN(CC2CC2)C(=O)c2ccc(-c3ccccc3)cc2)cc1. The lowest BCUT2D eigenvalue weighted by Crippen LogP contribution is -2.43. The van der Waals surface area contributed by atoms with Gasteiger partial charge in [-0.2, -0.15) is 0 Å². The Morgan fingerprint density at radius 3 is 2.14 bits per heavy atom. The highest BCUT2D eigenvalue weighted by Gasteiger charge is 2.28. The summed E-state index contributed by atoms with van der Waals surface area (Å²) in [6.07, 6.45) is 2.12. The number of nitrogens with zero attached hydrogens (tertiary/aromatic N) is 1. The molecule has 1 saturated carbocycles. The molecule has 1 fully saturated rings. The molecule has 3 amide bonds. The van der Waals surface area contributed by atoms with Gasteiger partial charge in [-0.15, -0.1) is 0 Å². The zero-order valence-corrected chi connectivity index (χ0v) is 19.7. The van der Waals surface area contributed by atoms with E-state index in [0.29, 0.717) is 29.5 Å². The van der Waals surface area contributed by atoms with Gasteiger partial charge in [-0.1, -0.05) is 42.5 Å². The molecule has 4 rings (SSSR count). The summed E-state index contributed by atoms with van der Waals surface area (Å²) in [4.78, 5) is 39.5. The highest BCUT2D eigenvalue weighted by Crippen LogP contribution is 2.30. The Morgan fingerprint density at radius 2 is 1.51 bits per heavy atom. The van der Waals surface area contributed by atoms with Gasteiger partial charge in [0, 0.05) is 17.8 Å². The van der Waals surface area contributed by atoms with Crippen LogP contribution in [-0.4, -0.2) is 49.4 Å². The van der Waals surface area contributed by atoms with Crippen molar-refractivity contribution in [1.82, 2.24) is 10.2 Å². The molecule has 3 aromatic carbocycles. The van der Waals surface area contributed by atoms with E-state index in [1.54, 1.807) is 48.4 Å². The van der Waals surface area contributed by atoms with E-state index in [0.717, 1.165) is 24.0 Å². The Hall–Kier alpha value is -4.13. The zero-order valence-electron chi connectivity index (χ0n) is 19.7. The van der Waals surface area contributed by atoms with Gasteiger partial charge in [0.2, 0.25) is 11.8 Å². The molecule has 2 N–H and O–H groups in total. The normalized spacial score (nSPS) is 12.5. The Labute approximate surface area is 205 Å². The second-order valence-electron chi connectivity index (χ2n) is 8.63. The number of methoxy groups -OCH3 is 1. The fraction of sp³-hybridized carbons (Fsp3) is 0.250. The number of hydrogen-bond donors (Lipinski definition) is 2. The third kappa shape index (κ3) is 6.93. The van der Waals surface area contributed by atoms with E-state index in [1.807, 2.05) is 42.5 Å². The first-order valence-corrected chi connectivity index (χ1v) is 11.7. The molecule has 3 aromatic rings. The lowest BCUT2D eigenvalue weighted by molar-refractivity contribution is -0.124. The van der Waals surface area contributed by atoms with Crippen LogP contribution in [0.15, 0.2) is 78.9 Å². The molecule has 0 atom stereocenters. The standard InChI is InChI=1S/C28H29N3O4/c1-35-25-15-13-24(14-16-25)30-26(32)17-29-27(33)19-31(18-20-7-8-20)28(34)23-11-9-22(10-12-23)21-5-3-2-4-6-21/h2-6,9-16,20H,7-8,17-19H2,1H3,(H,29,33)(H,30,32). The van der Waals surface area contributed by atoms with Gasteiger partial charge in [-0.3, -0.25) is 14.4 Å². The van der Waals surface area contributed by atoms with E-state index >= 15 is 0 Å². The largest absolute Gasteiger partial charge is 0.497 e. The van der Waals surface area contributed by atoms with Crippen LogP contribution >= 0.6 is 0 Å². The number of rotatable bonds is 10. The second-order valence-corrected chi connectivity index (χ2v) is 8.63. The predicted molar refractivity (Wildman–Crippen MR) is 135 cm³/mol. The van der Waals surface area contributed by atoms with E-state index in [-0.39, 0.29) is 30.8 Å². The number of amides is 3. The lowest BCUT2D eigenvalue weighted by Gasteiger charge is -2.22. The smallest absolute Gasteiger partial charge is 0.254 e. The number of carbonyl (C=O) groups is 3. The predicted octanol–water partition coefficient (Wildman–Crippen LogP) is 3.97. The third-order valence-electron chi connectivity index (χ3n) is 5.86. The first-order valence-electron chi connectivity index (χ1n) is 11.7. The summed E-state index contributed by atoms with van der Waals surface area (Å²) < 4.78 is 5.10. The highest BCUT2D eigenvalue weighted by molar-refractivity contribution is 5.98. The summed E-state index contributed by atoms with van der Waals surface area (Å²) in [6, 6.07) is 24.3. The van der Waals surface area contributed by atoms with Gasteiger partial charge >= 0.3 is 0 Å². The number of hydrogen-bond acceptors (Lipinski definition) is 4. The van der Waals surface area contributed by atoms with Crippen LogP contribution in [0, 0.1) is 5.92 Å². The summed E-state index contributed by atoms with van der Waals surface area (Å²) in [6.45, 7) is 0.262. The van der Waals surface area contributed by atoms with Crippen LogP contribution in [0.4, 0.5) is 5.69 Å². The Bertz CT molecular complexity index is 1160.